The molecule has 5 heterocycles. The first-order chi connectivity index (χ1) is 30.7. The number of aromatic nitrogens is 8. The van der Waals surface area contributed by atoms with Crippen LogP contribution >= 0.6 is 0 Å². The molecule has 0 aliphatic carbocycles. The number of aromatic amines is 2. The highest BCUT2D eigenvalue weighted by molar-refractivity contribution is 7.92. The van der Waals surface area contributed by atoms with Crippen molar-refractivity contribution in [3.05, 3.63) is 83.9 Å². The van der Waals surface area contributed by atoms with Gasteiger partial charge in [0.2, 0.25) is 0 Å². The largest absolute Gasteiger partial charge is 0.324 e. The van der Waals surface area contributed by atoms with Gasteiger partial charge >= 0.3 is 0 Å². The van der Waals surface area contributed by atoms with E-state index < -0.39 is 30.2 Å². The lowest BCUT2D eigenvalue weighted by atomic mass is 9.93. The van der Waals surface area contributed by atoms with E-state index in [0.717, 1.165) is 58.7 Å². The first-order valence-electron chi connectivity index (χ1n) is 22.5. The van der Waals surface area contributed by atoms with Gasteiger partial charge in [-0.1, -0.05) is 115 Å². The normalized spacial score (nSPS) is 14.6. The smallest absolute Gasteiger partial charge is 0.181 e. The van der Waals surface area contributed by atoms with E-state index in [2.05, 4.69) is 49.8 Å². The average molecular weight is 895 g/mol. The highest BCUT2D eigenvalue weighted by atomic mass is 32.2. The number of nitrogens with zero attached hydrogens (tertiary/aromatic N) is 6. The van der Waals surface area contributed by atoms with E-state index in [9.17, 15) is 16.8 Å². The van der Waals surface area contributed by atoms with E-state index in [-0.39, 0.29) is 32.7 Å². The van der Waals surface area contributed by atoms with Gasteiger partial charge in [0.15, 0.2) is 43.0 Å². The summed E-state index contributed by atoms with van der Waals surface area (Å²) in [5.74, 6) is 2.04. The summed E-state index contributed by atoms with van der Waals surface area (Å²) in [6.45, 7) is 15.9. The van der Waals surface area contributed by atoms with Crippen LogP contribution in [0.1, 0.15) is 92.2 Å². The van der Waals surface area contributed by atoms with Crippen molar-refractivity contribution in [1.82, 2.24) is 39.9 Å². The molecule has 330 valence electrons. The molecular weight excluding hydrogens is 841 g/mol. The van der Waals surface area contributed by atoms with E-state index >= 15 is 0 Å². The predicted molar refractivity (Wildman–Crippen MR) is 256 cm³/mol. The number of benzene rings is 4. The molecule has 0 radical (unpaired) electrons. The minimum atomic E-state index is -3.86. The zero-order valence-electron chi connectivity index (χ0n) is 37.6. The molecule has 8 bridgehead atoms. The Morgan fingerprint density at radius 2 is 0.891 bits per heavy atom. The summed E-state index contributed by atoms with van der Waals surface area (Å²) in [6.07, 6.45) is 4.39. The Labute approximate surface area is 374 Å². The molecule has 9 rings (SSSR count). The Morgan fingerprint density at radius 1 is 0.453 bits per heavy atom. The lowest BCUT2D eigenvalue weighted by Gasteiger charge is -2.13. The fraction of sp³-hybridized carbons (Fsp3) is 0.360. The van der Waals surface area contributed by atoms with Crippen molar-refractivity contribution in [2.75, 3.05) is 0 Å². The first-order valence-corrected chi connectivity index (χ1v) is 25.6. The maximum atomic E-state index is 14.4. The van der Waals surface area contributed by atoms with Crippen LogP contribution in [-0.2, 0) is 32.5 Å². The molecule has 0 spiro atoms. The molecule has 7 aromatic rings. The summed E-state index contributed by atoms with van der Waals surface area (Å²) in [5.41, 5.74) is 6.30. The fourth-order valence-electron chi connectivity index (χ4n) is 8.79. The van der Waals surface area contributed by atoms with Gasteiger partial charge in [0.25, 0.3) is 0 Å². The van der Waals surface area contributed by atoms with Gasteiger partial charge in [-0.2, -0.15) is 0 Å². The van der Waals surface area contributed by atoms with Crippen molar-refractivity contribution < 1.29 is 16.8 Å². The Morgan fingerprint density at radius 3 is 1.48 bits per heavy atom. The molecule has 0 saturated carbocycles. The van der Waals surface area contributed by atoms with Gasteiger partial charge in [-0.15, -0.1) is 0 Å². The Hall–Kier alpha value is -5.86. The van der Waals surface area contributed by atoms with Crippen molar-refractivity contribution in [2.45, 2.75) is 114 Å². The van der Waals surface area contributed by atoms with E-state index in [4.69, 9.17) is 29.9 Å². The number of fused-ring (bicyclic) bond motifs is 20. The molecule has 4 atom stereocenters. The van der Waals surface area contributed by atoms with Crippen LogP contribution in [0.15, 0.2) is 82.6 Å². The lowest BCUT2D eigenvalue weighted by Crippen LogP contribution is -2.17. The van der Waals surface area contributed by atoms with Crippen LogP contribution < -0.4 is 0 Å². The summed E-state index contributed by atoms with van der Waals surface area (Å²) in [5, 5.41) is 1.24. The second-order valence-electron chi connectivity index (χ2n) is 17.6. The molecule has 2 aliphatic rings. The second-order valence-corrected chi connectivity index (χ2v) is 22.3. The van der Waals surface area contributed by atoms with Crippen LogP contribution in [0.3, 0.4) is 0 Å². The summed E-state index contributed by atoms with van der Waals surface area (Å²) >= 11 is 0. The van der Waals surface area contributed by atoms with Crippen molar-refractivity contribution in [3.8, 4) is 45.6 Å². The molecular formula is C50H54N8O4S2. The Balaban J connectivity index is 1.51. The molecule has 0 saturated heterocycles. The van der Waals surface area contributed by atoms with Crippen molar-refractivity contribution >= 4 is 63.8 Å². The van der Waals surface area contributed by atoms with Crippen LogP contribution in [0.5, 0.6) is 0 Å². The maximum absolute atomic E-state index is 14.4. The van der Waals surface area contributed by atoms with Crippen molar-refractivity contribution in [3.63, 3.8) is 0 Å². The minimum Gasteiger partial charge on any atom is -0.324 e. The van der Waals surface area contributed by atoms with Gasteiger partial charge in [-0.25, -0.2) is 46.7 Å². The molecule has 64 heavy (non-hydrogen) atoms. The van der Waals surface area contributed by atoms with Gasteiger partial charge in [0.05, 0.1) is 20.3 Å². The number of sulfone groups is 2. The van der Waals surface area contributed by atoms with Gasteiger partial charge in [-0.05, 0) is 74.6 Å². The second kappa shape index (κ2) is 16.6. The van der Waals surface area contributed by atoms with E-state index in [0.29, 0.717) is 69.5 Å². The Kier molecular flexibility index (Phi) is 11.3. The highest BCUT2D eigenvalue weighted by Crippen LogP contribution is 2.43. The average Bonchev–Trinajstić information content (AvgIpc) is 4.04. The molecule has 0 fully saturated rings. The van der Waals surface area contributed by atoms with Gasteiger partial charge in [0, 0.05) is 43.8 Å². The predicted octanol–water partition coefficient (Wildman–Crippen LogP) is 11.2. The number of hydrogen-bond donors (Lipinski definition) is 2. The molecule has 4 aromatic carbocycles. The third-order valence-corrected chi connectivity index (χ3v) is 18.1. The maximum Gasteiger partial charge on any atom is 0.181 e. The topological polar surface area (TPSA) is 177 Å². The van der Waals surface area contributed by atoms with Crippen LogP contribution in [0.2, 0.25) is 0 Å². The number of H-pyrrole nitrogens is 2. The summed E-state index contributed by atoms with van der Waals surface area (Å²) in [6, 6.07) is 22.6. The van der Waals surface area contributed by atoms with Crippen LogP contribution in [0.4, 0.5) is 0 Å². The van der Waals surface area contributed by atoms with Gasteiger partial charge < -0.3 is 9.97 Å². The fourth-order valence-corrected chi connectivity index (χ4v) is 12.0. The lowest BCUT2D eigenvalue weighted by molar-refractivity contribution is 0.561. The molecule has 4 unspecified atom stereocenters. The first kappa shape index (κ1) is 43.4. The van der Waals surface area contributed by atoms with E-state index in [1.807, 2.05) is 44.2 Å². The highest BCUT2D eigenvalue weighted by Gasteiger charge is 2.33. The van der Waals surface area contributed by atoms with Crippen LogP contribution in [0.25, 0.3) is 89.7 Å². The molecule has 12 nitrogen and oxygen atoms in total. The van der Waals surface area contributed by atoms with E-state index in [1.165, 1.54) is 0 Å². The third-order valence-electron chi connectivity index (χ3n) is 13.4. The Bertz CT molecular complexity index is 3410. The monoisotopic (exact) mass is 894 g/mol. The van der Waals surface area contributed by atoms with Gasteiger partial charge in [-0.3, -0.25) is 0 Å². The molecule has 14 heteroatoms. The minimum absolute atomic E-state index is 0.100. The standard InChI is InChI=1S/C50H54N8O4S2/c1-9-27(5)25-31-17-13-19-33-39(31)48-52-43(33)51-47-40-32(26-28(6)10-2)18-14-20-34(40)44(53-47)55-49-42-36(22-16-24-38(42)64(61,62)30(8)12-4)46(57-49)58-50-41-35(45(54-48)56-50)21-15-23-37(41)63(59,60)29(7)11-3/h13-24,27-30H,9-12,25-26H2,1-8H3,(H2,51,52,53,54,55,56,57,58). The summed E-state index contributed by atoms with van der Waals surface area (Å²) in [7, 11) is -7.72. The zero-order chi connectivity index (χ0) is 45.2. The van der Waals surface area contributed by atoms with E-state index in [1.54, 1.807) is 44.2 Å². The van der Waals surface area contributed by atoms with Crippen LogP contribution in [-0.4, -0.2) is 67.2 Å². The zero-order valence-corrected chi connectivity index (χ0v) is 39.2. The van der Waals surface area contributed by atoms with Crippen LogP contribution in [0, 0.1) is 11.8 Å². The number of hydrogen-bond acceptors (Lipinski definition) is 10. The SMILES string of the molecule is CCC(C)Cc1cccc2c1-c1nc-2nc2[nH]c(nc3nc(nc4[nH]c(n1)c1cccc(CC(C)CC)c41)-c1cccc(S(=O)(=O)C(C)CC)c1-3)c1cccc(S(=O)(=O)C(C)CC)c21. The number of nitrogens with one attached hydrogen (secondary N) is 2. The quantitative estimate of drug-likeness (QED) is 0.120. The third kappa shape index (κ3) is 7.18. The molecule has 3 aromatic heterocycles. The molecule has 2 N–H and O–H groups in total. The number of rotatable bonds is 12. The summed E-state index contributed by atoms with van der Waals surface area (Å²) < 4.78 is 57.4. The molecule has 2 aliphatic heterocycles. The van der Waals surface area contributed by atoms with Crippen molar-refractivity contribution in [2.24, 2.45) is 11.8 Å². The van der Waals surface area contributed by atoms with Crippen molar-refractivity contribution in [1.29, 1.82) is 0 Å². The van der Waals surface area contributed by atoms with Gasteiger partial charge in [0.1, 0.15) is 22.6 Å². The molecule has 0 amide bonds. The summed E-state index contributed by atoms with van der Waals surface area (Å²) in [4.78, 5) is 38.3.